The van der Waals surface area contributed by atoms with Crippen LogP contribution in [0, 0.1) is 11.3 Å². The van der Waals surface area contributed by atoms with E-state index >= 15 is 0 Å². The van der Waals surface area contributed by atoms with Gasteiger partial charge in [-0.1, -0.05) is 6.07 Å². The molecule has 0 amide bonds. The SMILES string of the molecule is CN1CCCN(c2cccc(C#N)c2)CC1CN. The number of benzene rings is 1. The molecule has 1 fully saturated rings. The van der Waals surface area contributed by atoms with E-state index in [1.54, 1.807) is 0 Å². The number of likely N-dealkylation sites (N-methyl/N-ethyl adjacent to an activating group) is 1. The Morgan fingerprint density at radius 2 is 2.28 bits per heavy atom. The normalized spacial score (nSPS) is 21.4. The Labute approximate surface area is 109 Å². The number of rotatable bonds is 2. The van der Waals surface area contributed by atoms with Crippen LogP contribution in [0.5, 0.6) is 0 Å². The van der Waals surface area contributed by atoms with Crippen molar-refractivity contribution in [2.24, 2.45) is 5.73 Å². The number of hydrogen-bond donors (Lipinski definition) is 1. The van der Waals surface area contributed by atoms with Crippen molar-refractivity contribution in [3.05, 3.63) is 29.8 Å². The minimum Gasteiger partial charge on any atom is -0.370 e. The molecule has 1 aromatic carbocycles. The van der Waals surface area contributed by atoms with Crippen molar-refractivity contribution in [2.75, 3.05) is 38.1 Å². The molecule has 4 heteroatoms. The van der Waals surface area contributed by atoms with Crippen molar-refractivity contribution in [3.8, 4) is 6.07 Å². The molecule has 2 rings (SSSR count). The van der Waals surface area contributed by atoms with E-state index in [0.717, 1.165) is 37.3 Å². The lowest BCUT2D eigenvalue weighted by Crippen LogP contribution is -2.43. The van der Waals surface area contributed by atoms with Crippen LogP contribution >= 0.6 is 0 Å². The van der Waals surface area contributed by atoms with Gasteiger partial charge in [0.05, 0.1) is 11.6 Å². The summed E-state index contributed by atoms with van der Waals surface area (Å²) in [5, 5.41) is 8.96. The van der Waals surface area contributed by atoms with E-state index in [-0.39, 0.29) is 0 Å². The van der Waals surface area contributed by atoms with E-state index in [1.165, 1.54) is 0 Å². The van der Waals surface area contributed by atoms with Crippen molar-refractivity contribution >= 4 is 5.69 Å². The fourth-order valence-corrected chi connectivity index (χ4v) is 2.44. The summed E-state index contributed by atoms with van der Waals surface area (Å²) in [5.41, 5.74) is 7.68. The van der Waals surface area contributed by atoms with Crippen molar-refractivity contribution in [1.29, 1.82) is 5.26 Å². The highest BCUT2D eigenvalue weighted by Gasteiger charge is 2.21. The third-order valence-corrected chi connectivity index (χ3v) is 3.61. The zero-order valence-electron chi connectivity index (χ0n) is 10.8. The molecule has 0 bridgehead atoms. The van der Waals surface area contributed by atoms with Gasteiger partial charge in [0.2, 0.25) is 0 Å². The van der Waals surface area contributed by atoms with E-state index in [0.29, 0.717) is 12.6 Å². The van der Waals surface area contributed by atoms with Crippen molar-refractivity contribution in [3.63, 3.8) is 0 Å². The van der Waals surface area contributed by atoms with Crippen LogP contribution in [0.3, 0.4) is 0 Å². The van der Waals surface area contributed by atoms with Crippen molar-refractivity contribution in [2.45, 2.75) is 12.5 Å². The number of nitrogens with zero attached hydrogens (tertiary/aromatic N) is 3. The van der Waals surface area contributed by atoms with Gasteiger partial charge in [0.25, 0.3) is 0 Å². The van der Waals surface area contributed by atoms with Gasteiger partial charge in [-0.25, -0.2) is 0 Å². The summed E-state index contributed by atoms with van der Waals surface area (Å²) in [5.74, 6) is 0. The summed E-state index contributed by atoms with van der Waals surface area (Å²) in [6.07, 6.45) is 1.13. The third kappa shape index (κ3) is 2.81. The average Bonchev–Trinajstić information content (AvgIpc) is 2.60. The Morgan fingerprint density at radius 3 is 3.00 bits per heavy atom. The van der Waals surface area contributed by atoms with Gasteiger partial charge in [-0.05, 0) is 38.2 Å². The van der Waals surface area contributed by atoms with Gasteiger partial charge in [0, 0.05) is 31.4 Å². The monoisotopic (exact) mass is 244 g/mol. The van der Waals surface area contributed by atoms with Crippen molar-refractivity contribution < 1.29 is 0 Å². The van der Waals surface area contributed by atoms with Crippen LogP contribution in [0.1, 0.15) is 12.0 Å². The van der Waals surface area contributed by atoms with Gasteiger partial charge in [0.1, 0.15) is 0 Å². The third-order valence-electron chi connectivity index (χ3n) is 3.61. The molecule has 1 unspecified atom stereocenters. The van der Waals surface area contributed by atoms with Crippen molar-refractivity contribution in [1.82, 2.24) is 4.90 Å². The van der Waals surface area contributed by atoms with Crippen LogP contribution in [0.2, 0.25) is 0 Å². The largest absolute Gasteiger partial charge is 0.370 e. The lowest BCUT2D eigenvalue weighted by atomic mass is 10.2. The molecule has 1 aliphatic heterocycles. The molecule has 4 nitrogen and oxygen atoms in total. The number of anilines is 1. The first-order valence-electron chi connectivity index (χ1n) is 6.40. The molecule has 1 saturated heterocycles. The summed E-state index contributed by atoms with van der Waals surface area (Å²) < 4.78 is 0. The van der Waals surface area contributed by atoms with Gasteiger partial charge in [-0.3, -0.25) is 0 Å². The number of nitrogens with two attached hydrogens (primary N) is 1. The smallest absolute Gasteiger partial charge is 0.0992 e. The zero-order valence-corrected chi connectivity index (χ0v) is 10.8. The van der Waals surface area contributed by atoms with Crippen LogP contribution in [-0.4, -0.2) is 44.2 Å². The molecule has 1 aromatic rings. The molecule has 96 valence electrons. The van der Waals surface area contributed by atoms with E-state index in [9.17, 15) is 0 Å². The highest BCUT2D eigenvalue weighted by atomic mass is 15.2. The Hall–Kier alpha value is -1.57. The maximum absolute atomic E-state index is 8.96. The van der Waals surface area contributed by atoms with Crippen LogP contribution in [0.4, 0.5) is 5.69 Å². The Kier molecular flexibility index (Phi) is 4.19. The minimum atomic E-state index is 0.387. The second-order valence-corrected chi connectivity index (χ2v) is 4.83. The standard InChI is InChI=1S/C14H20N4/c1-17-6-3-7-18(11-14(17)10-16)13-5-2-4-12(8-13)9-15/h2,4-5,8,14H,3,6-7,10-11,16H2,1H3. The minimum absolute atomic E-state index is 0.387. The summed E-state index contributed by atoms with van der Waals surface area (Å²) in [6.45, 7) is 3.71. The molecule has 18 heavy (non-hydrogen) atoms. The van der Waals surface area contributed by atoms with Crippen LogP contribution < -0.4 is 10.6 Å². The first-order chi connectivity index (χ1) is 8.74. The van der Waals surface area contributed by atoms with Gasteiger partial charge in [-0.15, -0.1) is 0 Å². The second-order valence-electron chi connectivity index (χ2n) is 4.83. The maximum atomic E-state index is 8.96. The molecule has 0 saturated carbocycles. The first kappa shape index (κ1) is 12.9. The van der Waals surface area contributed by atoms with E-state index in [4.69, 9.17) is 11.0 Å². The van der Waals surface area contributed by atoms with Gasteiger partial charge in [-0.2, -0.15) is 5.26 Å². The molecule has 2 N–H and O–H groups in total. The molecular formula is C14H20N4. The maximum Gasteiger partial charge on any atom is 0.0992 e. The highest BCUT2D eigenvalue weighted by molar-refractivity contribution is 5.51. The fraction of sp³-hybridized carbons (Fsp3) is 0.500. The quantitative estimate of drug-likeness (QED) is 0.844. The molecule has 0 radical (unpaired) electrons. The van der Waals surface area contributed by atoms with Crippen LogP contribution in [-0.2, 0) is 0 Å². The summed E-state index contributed by atoms with van der Waals surface area (Å²) in [6, 6.07) is 10.4. The molecule has 1 heterocycles. The van der Waals surface area contributed by atoms with E-state index in [1.807, 2.05) is 18.2 Å². The summed E-state index contributed by atoms with van der Waals surface area (Å²) >= 11 is 0. The molecule has 0 aromatic heterocycles. The van der Waals surface area contributed by atoms with Gasteiger partial charge < -0.3 is 15.5 Å². The second kappa shape index (κ2) is 5.85. The average molecular weight is 244 g/mol. The lowest BCUT2D eigenvalue weighted by molar-refractivity contribution is 0.266. The summed E-state index contributed by atoms with van der Waals surface area (Å²) in [7, 11) is 2.13. The number of hydrogen-bond acceptors (Lipinski definition) is 4. The molecular weight excluding hydrogens is 224 g/mol. The molecule has 1 aliphatic rings. The lowest BCUT2D eigenvalue weighted by Gasteiger charge is -2.29. The molecule has 0 aliphatic carbocycles. The molecule has 0 spiro atoms. The topological polar surface area (TPSA) is 56.3 Å². The molecule has 1 atom stereocenters. The van der Waals surface area contributed by atoms with E-state index in [2.05, 4.69) is 29.0 Å². The Morgan fingerprint density at radius 1 is 1.44 bits per heavy atom. The van der Waals surface area contributed by atoms with E-state index < -0.39 is 0 Å². The van der Waals surface area contributed by atoms with Crippen LogP contribution in [0.25, 0.3) is 0 Å². The fourth-order valence-electron chi connectivity index (χ4n) is 2.44. The Bertz CT molecular complexity index is 438. The predicted octanol–water partition coefficient (Wildman–Crippen LogP) is 1.03. The van der Waals surface area contributed by atoms with Gasteiger partial charge >= 0.3 is 0 Å². The highest BCUT2D eigenvalue weighted by Crippen LogP contribution is 2.19. The first-order valence-corrected chi connectivity index (χ1v) is 6.40. The summed E-state index contributed by atoms with van der Waals surface area (Å²) in [4.78, 5) is 4.66. The van der Waals surface area contributed by atoms with Gasteiger partial charge in [0.15, 0.2) is 0 Å². The van der Waals surface area contributed by atoms with Crippen LogP contribution in [0.15, 0.2) is 24.3 Å². The number of nitriles is 1. The zero-order chi connectivity index (χ0) is 13.0. The predicted molar refractivity (Wildman–Crippen MR) is 73.5 cm³/mol. The Balaban J connectivity index is 2.18.